The second-order valence-corrected chi connectivity index (χ2v) is 4.44. The number of halogens is 1. The zero-order chi connectivity index (χ0) is 12.7. The van der Waals surface area contributed by atoms with Gasteiger partial charge in [0, 0.05) is 19.3 Å². The van der Waals surface area contributed by atoms with Gasteiger partial charge in [0.25, 0.3) is 0 Å². The molecule has 0 saturated heterocycles. The van der Waals surface area contributed by atoms with E-state index in [-0.39, 0.29) is 12.7 Å². The maximum Gasteiger partial charge on any atom is 0.144 e. The quantitative estimate of drug-likeness (QED) is 0.738. The van der Waals surface area contributed by atoms with Crippen molar-refractivity contribution in [2.24, 2.45) is 0 Å². The number of ether oxygens (including phenoxy) is 1. The molecule has 0 aliphatic carbocycles. The normalized spacial score (nSPS) is 10.9. The van der Waals surface area contributed by atoms with Gasteiger partial charge in [-0.15, -0.1) is 0 Å². The molecule has 0 aromatic carbocycles. The highest BCUT2D eigenvalue weighted by molar-refractivity contribution is 6.32. The van der Waals surface area contributed by atoms with Gasteiger partial charge in [0.05, 0.1) is 17.7 Å². The van der Waals surface area contributed by atoms with Crippen LogP contribution in [0.25, 0.3) is 0 Å². The number of anilines is 1. The van der Waals surface area contributed by atoms with Crippen LogP contribution in [0.4, 0.5) is 5.82 Å². The van der Waals surface area contributed by atoms with E-state index >= 15 is 0 Å². The summed E-state index contributed by atoms with van der Waals surface area (Å²) >= 11 is 6.00. The lowest BCUT2D eigenvalue weighted by Crippen LogP contribution is -2.10. The summed E-state index contributed by atoms with van der Waals surface area (Å²) in [5.74, 6) is 0.647. The Hall–Kier alpha value is -0.840. The summed E-state index contributed by atoms with van der Waals surface area (Å²) < 4.78 is 5.42. The molecule has 96 valence electrons. The van der Waals surface area contributed by atoms with Crippen LogP contribution in [0.3, 0.4) is 0 Å². The Bertz CT molecular complexity index is 345. The molecule has 0 radical (unpaired) electrons. The van der Waals surface area contributed by atoms with Gasteiger partial charge in [-0.2, -0.15) is 0 Å². The van der Waals surface area contributed by atoms with E-state index in [1.54, 1.807) is 12.3 Å². The van der Waals surface area contributed by atoms with E-state index in [9.17, 15) is 0 Å². The molecule has 5 heteroatoms. The predicted octanol–water partition coefficient (Wildman–Crippen LogP) is 2.45. The minimum Gasteiger partial charge on any atom is -0.392 e. The van der Waals surface area contributed by atoms with E-state index in [1.807, 2.05) is 13.8 Å². The van der Waals surface area contributed by atoms with Crippen molar-refractivity contribution in [2.75, 3.05) is 18.5 Å². The third-order valence-electron chi connectivity index (χ3n) is 2.15. The molecule has 0 amide bonds. The van der Waals surface area contributed by atoms with Crippen LogP contribution in [0.15, 0.2) is 12.3 Å². The number of hydrogen-bond donors (Lipinski definition) is 2. The second kappa shape index (κ2) is 7.48. The topological polar surface area (TPSA) is 54.4 Å². The smallest absolute Gasteiger partial charge is 0.144 e. The molecule has 0 spiro atoms. The minimum absolute atomic E-state index is 0.0464. The van der Waals surface area contributed by atoms with E-state index in [0.29, 0.717) is 16.4 Å². The molecule has 1 aromatic heterocycles. The monoisotopic (exact) mass is 258 g/mol. The summed E-state index contributed by atoms with van der Waals surface area (Å²) in [6, 6.07) is 1.71. The van der Waals surface area contributed by atoms with Gasteiger partial charge in [-0.3, -0.25) is 0 Å². The highest BCUT2D eigenvalue weighted by atomic mass is 35.5. The number of aliphatic hydroxyl groups is 1. The van der Waals surface area contributed by atoms with Crippen LogP contribution in [-0.4, -0.2) is 29.3 Å². The van der Waals surface area contributed by atoms with E-state index < -0.39 is 0 Å². The SMILES string of the molecule is CC(C)OCCCNc1ncc(CO)cc1Cl. The molecule has 0 bridgehead atoms. The number of pyridine rings is 1. The standard InChI is InChI=1S/C12H19ClN2O2/c1-9(2)17-5-3-4-14-12-11(13)6-10(8-16)7-15-12/h6-7,9,16H,3-5,8H2,1-2H3,(H,14,15). The molecule has 0 atom stereocenters. The number of aromatic nitrogens is 1. The third-order valence-corrected chi connectivity index (χ3v) is 2.43. The Morgan fingerprint density at radius 2 is 2.29 bits per heavy atom. The van der Waals surface area contributed by atoms with Crippen molar-refractivity contribution in [2.45, 2.75) is 33.0 Å². The molecular formula is C12H19ClN2O2. The Labute approximate surface area is 107 Å². The van der Waals surface area contributed by atoms with E-state index in [1.165, 1.54) is 0 Å². The Morgan fingerprint density at radius 1 is 1.53 bits per heavy atom. The average molecular weight is 259 g/mol. The first-order valence-corrected chi connectivity index (χ1v) is 6.12. The molecule has 0 aliphatic heterocycles. The van der Waals surface area contributed by atoms with Crippen molar-refractivity contribution >= 4 is 17.4 Å². The van der Waals surface area contributed by atoms with Gasteiger partial charge >= 0.3 is 0 Å². The number of hydrogen-bond acceptors (Lipinski definition) is 4. The third kappa shape index (κ3) is 5.35. The van der Waals surface area contributed by atoms with E-state index in [0.717, 1.165) is 19.6 Å². The van der Waals surface area contributed by atoms with Crippen LogP contribution in [0.2, 0.25) is 5.02 Å². The maximum atomic E-state index is 8.92. The summed E-state index contributed by atoms with van der Waals surface area (Å²) in [5, 5.41) is 12.6. The van der Waals surface area contributed by atoms with Gasteiger partial charge < -0.3 is 15.2 Å². The molecule has 0 unspecified atom stereocenters. The summed E-state index contributed by atoms with van der Waals surface area (Å²) in [7, 11) is 0. The summed E-state index contributed by atoms with van der Waals surface area (Å²) in [4.78, 5) is 4.14. The van der Waals surface area contributed by atoms with Gasteiger partial charge in [-0.25, -0.2) is 4.98 Å². The summed E-state index contributed by atoms with van der Waals surface area (Å²) in [6.45, 7) is 5.46. The maximum absolute atomic E-state index is 8.92. The first-order chi connectivity index (χ1) is 8.13. The molecule has 0 saturated carbocycles. The van der Waals surface area contributed by atoms with Gasteiger partial charge in [-0.05, 0) is 31.9 Å². The van der Waals surface area contributed by atoms with E-state index in [2.05, 4.69) is 10.3 Å². The Kier molecular flexibility index (Phi) is 6.26. The lowest BCUT2D eigenvalue weighted by molar-refractivity contribution is 0.0787. The molecule has 0 aliphatic rings. The number of rotatable bonds is 7. The number of nitrogens with zero attached hydrogens (tertiary/aromatic N) is 1. The van der Waals surface area contributed by atoms with Gasteiger partial charge in [0.15, 0.2) is 0 Å². The lowest BCUT2D eigenvalue weighted by Gasteiger charge is -2.10. The van der Waals surface area contributed by atoms with Gasteiger partial charge in [0.1, 0.15) is 5.82 Å². The zero-order valence-electron chi connectivity index (χ0n) is 10.2. The number of aliphatic hydroxyl groups excluding tert-OH is 1. The van der Waals surface area contributed by atoms with Crippen LogP contribution < -0.4 is 5.32 Å². The van der Waals surface area contributed by atoms with Crippen molar-refractivity contribution in [3.63, 3.8) is 0 Å². The lowest BCUT2D eigenvalue weighted by atomic mass is 10.3. The summed E-state index contributed by atoms with van der Waals surface area (Å²) in [6.07, 6.45) is 2.78. The highest BCUT2D eigenvalue weighted by Crippen LogP contribution is 2.19. The molecule has 1 rings (SSSR count). The molecular weight excluding hydrogens is 240 g/mol. The first-order valence-electron chi connectivity index (χ1n) is 5.74. The Morgan fingerprint density at radius 3 is 2.88 bits per heavy atom. The van der Waals surface area contributed by atoms with Crippen LogP contribution in [0.1, 0.15) is 25.8 Å². The Balaban J connectivity index is 2.32. The largest absolute Gasteiger partial charge is 0.392 e. The number of nitrogens with one attached hydrogen (secondary N) is 1. The second-order valence-electron chi connectivity index (χ2n) is 4.03. The van der Waals surface area contributed by atoms with Crippen molar-refractivity contribution < 1.29 is 9.84 Å². The van der Waals surface area contributed by atoms with Gasteiger partial charge in [-0.1, -0.05) is 11.6 Å². The molecule has 4 nitrogen and oxygen atoms in total. The highest BCUT2D eigenvalue weighted by Gasteiger charge is 2.02. The fraction of sp³-hybridized carbons (Fsp3) is 0.583. The fourth-order valence-electron chi connectivity index (χ4n) is 1.29. The zero-order valence-corrected chi connectivity index (χ0v) is 11.0. The molecule has 1 aromatic rings. The molecule has 0 fully saturated rings. The van der Waals surface area contributed by atoms with Crippen LogP contribution in [0.5, 0.6) is 0 Å². The van der Waals surface area contributed by atoms with Gasteiger partial charge in [0.2, 0.25) is 0 Å². The van der Waals surface area contributed by atoms with Crippen molar-refractivity contribution in [1.29, 1.82) is 0 Å². The van der Waals surface area contributed by atoms with Crippen LogP contribution in [0, 0.1) is 0 Å². The molecule has 1 heterocycles. The molecule has 17 heavy (non-hydrogen) atoms. The minimum atomic E-state index is -0.0464. The fourth-order valence-corrected chi connectivity index (χ4v) is 1.55. The van der Waals surface area contributed by atoms with Crippen molar-refractivity contribution in [1.82, 2.24) is 4.98 Å². The molecule has 2 N–H and O–H groups in total. The van der Waals surface area contributed by atoms with Crippen molar-refractivity contribution in [3.8, 4) is 0 Å². The average Bonchev–Trinajstić information content (AvgIpc) is 2.30. The predicted molar refractivity (Wildman–Crippen MR) is 69.4 cm³/mol. The summed E-state index contributed by atoms with van der Waals surface area (Å²) in [5.41, 5.74) is 0.712. The van der Waals surface area contributed by atoms with Crippen LogP contribution in [-0.2, 0) is 11.3 Å². The van der Waals surface area contributed by atoms with Crippen LogP contribution >= 0.6 is 11.6 Å². The van der Waals surface area contributed by atoms with E-state index in [4.69, 9.17) is 21.4 Å². The van der Waals surface area contributed by atoms with Crippen molar-refractivity contribution in [3.05, 3.63) is 22.8 Å². The first kappa shape index (κ1) is 14.2.